The number of ether oxygens (including phenoxy) is 2. The van der Waals surface area contributed by atoms with Crippen LogP contribution in [0.1, 0.15) is 48.3 Å². The van der Waals surface area contributed by atoms with Crippen LogP contribution in [0.5, 0.6) is 11.5 Å². The molecule has 134 valence electrons. The Hall–Kier alpha value is -2.57. The van der Waals surface area contributed by atoms with Gasteiger partial charge in [0.15, 0.2) is 17.3 Å². The smallest absolute Gasteiger partial charge is 0.254 e. The van der Waals surface area contributed by atoms with Crippen molar-refractivity contribution < 1.29 is 18.8 Å². The fourth-order valence-corrected chi connectivity index (χ4v) is 2.99. The van der Waals surface area contributed by atoms with Crippen molar-refractivity contribution in [1.29, 1.82) is 0 Å². The number of aryl methyl sites for hydroxylation is 1. The van der Waals surface area contributed by atoms with Crippen LogP contribution >= 0.6 is 0 Å². The SMILES string of the molecule is CCOc1ccc(C(=O)N2CCC(c3nc(C)no3)C2)cc1OCC. The number of carbonyl (C=O) groups excluding carboxylic acids is 1. The molecule has 1 aliphatic rings. The monoisotopic (exact) mass is 345 g/mol. The van der Waals surface area contributed by atoms with Crippen LogP contribution in [0.2, 0.25) is 0 Å². The second kappa shape index (κ2) is 7.55. The molecule has 1 aromatic heterocycles. The molecule has 0 radical (unpaired) electrons. The van der Waals surface area contributed by atoms with E-state index in [1.807, 2.05) is 18.7 Å². The van der Waals surface area contributed by atoms with Crippen LogP contribution < -0.4 is 9.47 Å². The summed E-state index contributed by atoms with van der Waals surface area (Å²) in [7, 11) is 0. The van der Waals surface area contributed by atoms with Crippen molar-refractivity contribution in [3.8, 4) is 11.5 Å². The number of hydrogen-bond donors (Lipinski definition) is 0. The van der Waals surface area contributed by atoms with E-state index in [1.54, 1.807) is 25.1 Å². The molecule has 1 fully saturated rings. The van der Waals surface area contributed by atoms with Gasteiger partial charge in [0.1, 0.15) is 0 Å². The highest BCUT2D eigenvalue weighted by molar-refractivity contribution is 5.95. The van der Waals surface area contributed by atoms with E-state index in [0.29, 0.717) is 55.1 Å². The third kappa shape index (κ3) is 3.75. The number of likely N-dealkylation sites (tertiary alicyclic amines) is 1. The van der Waals surface area contributed by atoms with Crippen molar-refractivity contribution in [3.05, 3.63) is 35.5 Å². The molecular weight excluding hydrogens is 322 g/mol. The first-order chi connectivity index (χ1) is 12.1. The van der Waals surface area contributed by atoms with Gasteiger partial charge in [-0.3, -0.25) is 4.79 Å². The molecule has 3 rings (SSSR count). The number of amides is 1. The Kier molecular flexibility index (Phi) is 5.21. The molecule has 7 nitrogen and oxygen atoms in total. The second-order valence-electron chi connectivity index (χ2n) is 5.94. The molecule has 2 heterocycles. The maximum Gasteiger partial charge on any atom is 0.254 e. The Labute approximate surface area is 146 Å². The highest BCUT2D eigenvalue weighted by atomic mass is 16.5. The fourth-order valence-electron chi connectivity index (χ4n) is 2.99. The number of carbonyl (C=O) groups is 1. The normalized spacial score (nSPS) is 16.9. The molecule has 7 heteroatoms. The van der Waals surface area contributed by atoms with Crippen LogP contribution in [0.15, 0.2) is 22.7 Å². The van der Waals surface area contributed by atoms with E-state index in [1.165, 1.54) is 0 Å². The third-order valence-corrected chi connectivity index (χ3v) is 4.16. The predicted molar refractivity (Wildman–Crippen MR) is 91.1 cm³/mol. The van der Waals surface area contributed by atoms with Gasteiger partial charge < -0.3 is 18.9 Å². The van der Waals surface area contributed by atoms with E-state index < -0.39 is 0 Å². The average Bonchev–Trinajstić information content (AvgIpc) is 3.25. The van der Waals surface area contributed by atoms with Gasteiger partial charge in [0, 0.05) is 18.7 Å². The zero-order chi connectivity index (χ0) is 17.8. The molecule has 1 unspecified atom stereocenters. The first kappa shape index (κ1) is 17.3. The zero-order valence-electron chi connectivity index (χ0n) is 14.8. The fraction of sp³-hybridized carbons (Fsp3) is 0.500. The van der Waals surface area contributed by atoms with E-state index in [9.17, 15) is 4.79 Å². The van der Waals surface area contributed by atoms with E-state index in [-0.39, 0.29) is 11.8 Å². The lowest BCUT2D eigenvalue weighted by Crippen LogP contribution is -2.28. The van der Waals surface area contributed by atoms with Crippen molar-refractivity contribution in [3.63, 3.8) is 0 Å². The minimum atomic E-state index is -0.0252. The van der Waals surface area contributed by atoms with Crippen LogP contribution in [0.3, 0.4) is 0 Å². The molecule has 1 aromatic carbocycles. The Morgan fingerprint density at radius 2 is 2.04 bits per heavy atom. The number of aromatic nitrogens is 2. The number of rotatable bonds is 6. The maximum atomic E-state index is 12.8. The summed E-state index contributed by atoms with van der Waals surface area (Å²) in [6, 6.07) is 5.32. The molecule has 2 aromatic rings. The van der Waals surface area contributed by atoms with E-state index in [4.69, 9.17) is 14.0 Å². The predicted octanol–water partition coefficient (Wildman–Crippen LogP) is 2.81. The third-order valence-electron chi connectivity index (χ3n) is 4.16. The molecule has 0 aliphatic carbocycles. The lowest BCUT2D eigenvalue weighted by atomic mass is 10.1. The Morgan fingerprint density at radius 1 is 1.28 bits per heavy atom. The van der Waals surface area contributed by atoms with Gasteiger partial charge in [0.05, 0.1) is 19.1 Å². The molecule has 0 spiro atoms. The van der Waals surface area contributed by atoms with Crippen molar-refractivity contribution in [2.75, 3.05) is 26.3 Å². The summed E-state index contributed by atoms with van der Waals surface area (Å²) < 4.78 is 16.4. The number of hydrogen-bond acceptors (Lipinski definition) is 6. The highest BCUT2D eigenvalue weighted by Crippen LogP contribution is 2.31. The number of benzene rings is 1. The van der Waals surface area contributed by atoms with Gasteiger partial charge >= 0.3 is 0 Å². The molecule has 0 bridgehead atoms. The summed E-state index contributed by atoms with van der Waals surface area (Å²) in [5.74, 6) is 2.55. The minimum Gasteiger partial charge on any atom is -0.490 e. The zero-order valence-corrected chi connectivity index (χ0v) is 14.8. The molecule has 1 saturated heterocycles. The molecule has 0 saturated carbocycles. The molecule has 25 heavy (non-hydrogen) atoms. The first-order valence-corrected chi connectivity index (χ1v) is 8.61. The summed E-state index contributed by atoms with van der Waals surface area (Å²) in [4.78, 5) is 18.9. The van der Waals surface area contributed by atoms with Gasteiger partial charge in [-0.05, 0) is 45.4 Å². The average molecular weight is 345 g/mol. The van der Waals surface area contributed by atoms with Gasteiger partial charge in [-0.25, -0.2) is 0 Å². The molecule has 1 atom stereocenters. The molecule has 1 aliphatic heterocycles. The van der Waals surface area contributed by atoms with Crippen molar-refractivity contribution in [1.82, 2.24) is 15.0 Å². The van der Waals surface area contributed by atoms with Crippen molar-refractivity contribution in [2.45, 2.75) is 33.1 Å². The second-order valence-corrected chi connectivity index (χ2v) is 5.94. The Balaban J connectivity index is 1.73. The summed E-state index contributed by atoms with van der Waals surface area (Å²) in [6.45, 7) is 7.92. The lowest BCUT2D eigenvalue weighted by molar-refractivity contribution is 0.0789. The van der Waals surface area contributed by atoms with E-state index in [0.717, 1.165) is 6.42 Å². The van der Waals surface area contributed by atoms with E-state index in [2.05, 4.69) is 10.1 Å². The van der Waals surface area contributed by atoms with Crippen molar-refractivity contribution >= 4 is 5.91 Å². The van der Waals surface area contributed by atoms with Crippen LogP contribution in [0.4, 0.5) is 0 Å². The van der Waals surface area contributed by atoms with Gasteiger partial charge in [0.2, 0.25) is 5.89 Å². The summed E-state index contributed by atoms with van der Waals surface area (Å²) >= 11 is 0. The van der Waals surface area contributed by atoms with Crippen LogP contribution in [-0.2, 0) is 0 Å². The quantitative estimate of drug-likeness (QED) is 0.801. The largest absolute Gasteiger partial charge is 0.490 e. The van der Waals surface area contributed by atoms with Crippen molar-refractivity contribution in [2.24, 2.45) is 0 Å². The molecule has 1 amide bonds. The topological polar surface area (TPSA) is 77.7 Å². The highest BCUT2D eigenvalue weighted by Gasteiger charge is 2.31. The van der Waals surface area contributed by atoms with Gasteiger partial charge in [-0.1, -0.05) is 5.16 Å². The number of nitrogens with zero attached hydrogens (tertiary/aromatic N) is 3. The summed E-state index contributed by atoms with van der Waals surface area (Å²) in [5.41, 5.74) is 0.592. The van der Waals surface area contributed by atoms with Gasteiger partial charge in [-0.15, -0.1) is 0 Å². The van der Waals surface area contributed by atoms with E-state index >= 15 is 0 Å². The van der Waals surface area contributed by atoms with Crippen LogP contribution in [0.25, 0.3) is 0 Å². The van der Waals surface area contributed by atoms with Crippen LogP contribution in [-0.4, -0.2) is 47.3 Å². The minimum absolute atomic E-state index is 0.0252. The van der Waals surface area contributed by atoms with Crippen LogP contribution in [0, 0.1) is 6.92 Å². The van der Waals surface area contributed by atoms with Gasteiger partial charge in [0.25, 0.3) is 5.91 Å². The summed E-state index contributed by atoms with van der Waals surface area (Å²) in [6.07, 6.45) is 0.822. The Bertz CT molecular complexity index is 744. The molecule has 0 N–H and O–H groups in total. The first-order valence-electron chi connectivity index (χ1n) is 8.61. The summed E-state index contributed by atoms with van der Waals surface area (Å²) in [5, 5.41) is 3.83. The van der Waals surface area contributed by atoms with Gasteiger partial charge in [-0.2, -0.15) is 4.98 Å². The molecular formula is C18H23N3O4. The maximum absolute atomic E-state index is 12.8. The standard InChI is InChI=1S/C18H23N3O4/c1-4-23-15-7-6-13(10-16(15)24-5-2)18(22)21-9-8-14(11-21)17-19-12(3)20-25-17/h6-7,10,14H,4-5,8-9,11H2,1-3H3. The Morgan fingerprint density at radius 3 is 2.72 bits per heavy atom. The lowest BCUT2D eigenvalue weighted by Gasteiger charge is -2.17.